The number of aliphatic hydroxyl groups excluding tert-OH is 2. The third-order valence-electron chi connectivity index (χ3n) is 5.37. The summed E-state index contributed by atoms with van der Waals surface area (Å²) in [5.74, 6) is -1.24. The molecular formula is C17H19F4NO4. The molecule has 0 radical (unpaired) electrons. The van der Waals surface area contributed by atoms with E-state index in [1.54, 1.807) is 0 Å². The summed E-state index contributed by atoms with van der Waals surface area (Å²) in [7, 11) is 0. The first-order chi connectivity index (χ1) is 12.2. The Labute approximate surface area is 147 Å². The summed E-state index contributed by atoms with van der Waals surface area (Å²) in [4.78, 5) is 14.0. The highest BCUT2D eigenvalue weighted by atomic mass is 19.3. The minimum Gasteiger partial charge on any atom is -0.427 e. The maximum atomic E-state index is 13.2. The average molecular weight is 377 g/mol. The monoisotopic (exact) mass is 377 g/mol. The van der Waals surface area contributed by atoms with Gasteiger partial charge in [-0.2, -0.15) is 17.6 Å². The number of piperidine rings is 1. The molecule has 1 aliphatic heterocycles. The zero-order valence-electron chi connectivity index (χ0n) is 13.7. The maximum Gasteiger partial charge on any atom is 0.461 e. The Morgan fingerprint density at radius 2 is 1.77 bits per heavy atom. The van der Waals surface area contributed by atoms with Crippen LogP contribution in [0.2, 0.25) is 0 Å². The van der Waals surface area contributed by atoms with Crippen LogP contribution in [0.15, 0.2) is 24.3 Å². The van der Waals surface area contributed by atoms with Crippen molar-refractivity contribution in [1.29, 1.82) is 0 Å². The molecule has 26 heavy (non-hydrogen) atoms. The van der Waals surface area contributed by atoms with Gasteiger partial charge in [-0.05, 0) is 25.0 Å². The summed E-state index contributed by atoms with van der Waals surface area (Å²) in [6.07, 6.45) is -8.95. The zero-order valence-corrected chi connectivity index (χ0v) is 13.7. The number of aliphatic hydroxyl groups is 2. The highest BCUT2D eigenvalue weighted by Gasteiger charge is 2.55. The first kappa shape index (κ1) is 18.9. The fourth-order valence-corrected chi connectivity index (χ4v) is 3.63. The Hall–Kier alpha value is -1.87. The molecule has 1 amide bonds. The fraction of sp³-hybridized carbons (Fsp3) is 0.588. The molecule has 2 N–H and O–H groups in total. The predicted molar refractivity (Wildman–Crippen MR) is 82.2 cm³/mol. The Bertz CT molecular complexity index is 666. The van der Waals surface area contributed by atoms with Crippen molar-refractivity contribution in [2.75, 3.05) is 13.1 Å². The molecule has 144 valence electrons. The van der Waals surface area contributed by atoms with Crippen molar-refractivity contribution >= 4 is 5.91 Å². The minimum absolute atomic E-state index is 0.215. The van der Waals surface area contributed by atoms with Gasteiger partial charge in [-0.3, -0.25) is 4.79 Å². The lowest BCUT2D eigenvalue weighted by Gasteiger charge is -2.55. The second-order valence-electron chi connectivity index (χ2n) is 6.75. The van der Waals surface area contributed by atoms with Gasteiger partial charge in [-0.25, -0.2) is 0 Å². The lowest BCUT2D eigenvalue weighted by Crippen LogP contribution is -2.61. The van der Waals surface area contributed by atoms with Crippen LogP contribution in [0.5, 0.6) is 5.75 Å². The number of alkyl halides is 4. The summed E-state index contributed by atoms with van der Waals surface area (Å²) in [6.45, 7) is 0.430. The van der Waals surface area contributed by atoms with Crippen LogP contribution >= 0.6 is 0 Å². The number of carbonyl (C=O) groups is 1. The van der Waals surface area contributed by atoms with Gasteiger partial charge in [-0.15, -0.1) is 0 Å². The molecule has 9 heteroatoms. The molecule has 1 saturated heterocycles. The largest absolute Gasteiger partial charge is 0.461 e. The van der Waals surface area contributed by atoms with Crippen LogP contribution in [0.1, 0.15) is 29.6 Å². The Balaban J connectivity index is 1.73. The molecule has 1 saturated carbocycles. The molecule has 5 nitrogen and oxygen atoms in total. The fourth-order valence-electron chi connectivity index (χ4n) is 3.63. The third kappa shape index (κ3) is 3.14. The van der Waals surface area contributed by atoms with Crippen molar-refractivity contribution in [3.05, 3.63) is 29.8 Å². The molecule has 3 rings (SSSR count). The SMILES string of the molecule is O=C(c1ccccc1OC(F)(F)C(F)F)N1CCC2(CC1)[C@H](O)C[C@@H]2O. The molecular weight excluding hydrogens is 358 g/mol. The van der Waals surface area contributed by atoms with Crippen LogP contribution in [0, 0.1) is 5.41 Å². The Morgan fingerprint density at radius 1 is 1.19 bits per heavy atom. The number of nitrogens with zero attached hydrogens (tertiary/aromatic N) is 1. The van der Waals surface area contributed by atoms with Crippen LogP contribution < -0.4 is 4.74 Å². The molecule has 2 atom stereocenters. The summed E-state index contributed by atoms with van der Waals surface area (Å²) >= 11 is 0. The van der Waals surface area contributed by atoms with E-state index in [-0.39, 0.29) is 18.7 Å². The van der Waals surface area contributed by atoms with Gasteiger partial charge in [0.1, 0.15) is 5.75 Å². The molecule has 1 heterocycles. The average Bonchev–Trinajstić information content (AvgIpc) is 2.61. The summed E-state index contributed by atoms with van der Waals surface area (Å²) < 4.78 is 55.3. The first-order valence-corrected chi connectivity index (χ1v) is 8.27. The number of para-hydroxylation sites is 1. The van der Waals surface area contributed by atoms with Gasteiger partial charge in [0, 0.05) is 24.9 Å². The van der Waals surface area contributed by atoms with E-state index in [1.807, 2.05) is 0 Å². The first-order valence-electron chi connectivity index (χ1n) is 8.27. The lowest BCUT2D eigenvalue weighted by atomic mass is 9.58. The number of amides is 1. The van der Waals surface area contributed by atoms with Gasteiger partial charge in [0.25, 0.3) is 5.91 Å². The molecule has 0 aromatic heterocycles. The van der Waals surface area contributed by atoms with Crippen LogP contribution in [-0.4, -0.2) is 58.9 Å². The number of ether oxygens (including phenoxy) is 1. The number of likely N-dealkylation sites (tertiary alicyclic amines) is 1. The quantitative estimate of drug-likeness (QED) is 0.790. The van der Waals surface area contributed by atoms with Crippen molar-refractivity contribution in [3.8, 4) is 5.75 Å². The number of carbonyl (C=O) groups excluding carboxylic acids is 1. The van der Waals surface area contributed by atoms with Gasteiger partial charge in [0.15, 0.2) is 0 Å². The number of halogens is 4. The molecule has 1 aromatic carbocycles. The molecule has 1 spiro atoms. The van der Waals surface area contributed by atoms with Crippen LogP contribution in [0.3, 0.4) is 0 Å². The predicted octanol–water partition coefficient (Wildman–Crippen LogP) is 2.27. The summed E-state index contributed by atoms with van der Waals surface area (Å²) in [5, 5.41) is 19.8. The number of benzene rings is 1. The van der Waals surface area contributed by atoms with Crippen molar-refractivity contribution < 1.29 is 37.3 Å². The highest BCUT2D eigenvalue weighted by Crippen LogP contribution is 2.49. The van der Waals surface area contributed by atoms with Crippen LogP contribution in [-0.2, 0) is 0 Å². The molecule has 1 aromatic rings. The van der Waals surface area contributed by atoms with Gasteiger partial charge in [0.05, 0.1) is 17.8 Å². The Kier molecular flexibility index (Phi) is 4.87. The standard InChI is InChI=1S/C17H19F4NO4/c18-15(19)17(20,21)26-11-4-2-1-3-10(11)14(25)22-7-5-16(6-8-22)12(23)9-13(16)24/h1-4,12-13,15,23-24H,5-9H2/t12-,13+. The van der Waals surface area contributed by atoms with Gasteiger partial charge >= 0.3 is 12.5 Å². The number of rotatable bonds is 4. The van der Waals surface area contributed by atoms with E-state index in [2.05, 4.69) is 4.74 Å². The van der Waals surface area contributed by atoms with E-state index in [4.69, 9.17) is 0 Å². The van der Waals surface area contributed by atoms with E-state index in [1.165, 1.54) is 23.1 Å². The van der Waals surface area contributed by atoms with E-state index < -0.39 is 41.8 Å². The summed E-state index contributed by atoms with van der Waals surface area (Å²) in [6, 6.07) is 5.00. The molecule has 2 aliphatic rings. The lowest BCUT2D eigenvalue weighted by molar-refractivity contribution is -0.253. The normalized spacial score (nSPS) is 25.3. The third-order valence-corrected chi connectivity index (χ3v) is 5.37. The second kappa shape index (κ2) is 6.70. The topological polar surface area (TPSA) is 70.0 Å². The van der Waals surface area contributed by atoms with Gasteiger partial charge < -0.3 is 19.8 Å². The van der Waals surface area contributed by atoms with Gasteiger partial charge in [-0.1, -0.05) is 12.1 Å². The number of hydrogen-bond acceptors (Lipinski definition) is 4. The zero-order chi connectivity index (χ0) is 19.1. The van der Waals surface area contributed by atoms with E-state index >= 15 is 0 Å². The molecule has 1 aliphatic carbocycles. The smallest absolute Gasteiger partial charge is 0.427 e. The maximum absolute atomic E-state index is 13.2. The van der Waals surface area contributed by atoms with Gasteiger partial charge in [0.2, 0.25) is 0 Å². The van der Waals surface area contributed by atoms with E-state index in [0.29, 0.717) is 19.3 Å². The minimum atomic E-state index is -4.71. The highest BCUT2D eigenvalue weighted by molar-refractivity contribution is 5.97. The van der Waals surface area contributed by atoms with E-state index in [0.717, 1.165) is 6.07 Å². The summed E-state index contributed by atoms with van der Waals surface area (Å²) in [5.41, 5.74) is -0.867. The van der Waals surface area contributed by atoms with E-state index in [9.17, 15) is 32.6 Å². The van der Waals surface area contributed by atoms with Crippen LogP contribution in [0.25, 0.3) is 0 Å². The Morgan fingerprint density at radius 3 is 2.31 bits per heavy atom. The van der Waals surface area contributed by atoms with Crippen molar-refractivity contribution in [1.82, 2.24) is 4.90 Å². The van der Waals surface area contributed by atoms with Crippen molar-refractivity contribution in [2.24, 2.45) is 5.41 Å². The van der Waals surface area contributed by atoms with Crippen molar-refractivity contribution in [2.45, 2.75) is 44.0 Å². The number of hydrogen-bond donors (Lipinski definition) is 2. The second-order valence-corrected chi connectivity index (χ2v) is 6.75. The molecule has 0 bridgehead atoms. The molecule has 0 unspecified atom stereocenters. The molecule has 2 fully saturated rings. The van der Waals surface area contributed by atoms with Crippen molar-refractivity contribution in [3.63, 3.8) is 0 Å². The van der Waals surface area contributed by atoms with Crippen LogP contribution in [0.4, 0.5) is 17.6 Å².